The van der Waals surface area contributed by atoms with Gasteiger partial charge in [-0.25, -0.2) is 4.79 Å². The van der Waals surface area contributed by atoms with Gasteiger partial charge in [0.1, 0.15) is 0 Å². The Balaban J connectivity index is 1.43. The van der Waals surface area contributed by atoms with Crippen molar-refractivity contribution in [1.29, 1.82) is 0 Å². The van der Waals surface area contributed by atoms with Crippen LogP contribution in [-0.2, 0) is 11.2 Å². The van der Waals surface area contributed by atoms with E-state index in [9.17, 15) is 4.79 Å². The van der Waals surface area contributed by atoms with Gasteiger partial charge in [0.25, 0.3) is 0 Å². The summed E-state index contributed by atoms with van der Waals surface area (Å²) in [6.07, 6.45) is 4.93. The number of aryl methyl sites for hydroxylation is 1. The molecule has 0 spiro atoms. The van der Waals surface area contributed by atoms with Crippen LogP contribution >= 0.6 is 0 Å². The Morgan fingerprint density at radius 1 is 1.15 bits per heavy atom. The number of fused-ring (bicyclic) bond motifs is 1. The second kappa shape index (κ2) is 8.13. The van der Waals surface area contributed by atoms with Crippen LogP contribution in [0.1, 0.15) is 46.7 Å². The number of methoxy groups -OCH3 is 1. The van der Waals surface area contributed by atoms with Gasteiger partial charge in [0.2, 0.25) is 0 Å². The Bertz CT molecular complexity index is 787. The van der Waals surface area contributed by atoms with Gasteiger partial charge in [-0.2, -0.15) is 0 Å². The van der Waals surface area contributed by atoms with Gasteiger partial charge in [0.15, 0.2) is 0 Å². The Morgan fingerprint density at radius 2 is 1.96 bits per heavy atom. The molecule has 1 N–H and O–H groups in total. The zero-order chi connectivity index (χ0) is 18.6. The first-order valence-electron chi connectivity index (χ1n) is 10.00. The van der Waals surface area contributed by atoms with Crippen LogP contribution in [0.25, 0.3) is 0 Å². The maximum atomic E-state index is 11.7. The highest BCUT2D eigenvalue weighted by Crippen LogP contribution is 2.37. The van der Waals surface area contributed by atoms with E-state index in [-0.39, 0.29) is 5.97 Å². The van der Waals surface area contributed by atoms with Gasteiger partial charge in [0.05, 0.1) is 12.7 Å². The minimum Gasteiger partial charge on any atom is -0.465 e. The van der Waals surface area contributed by atoms with Gasteiger partial charge in [-0.1, -0.05) is 24.3 Å². The predicted molar refractivity (Wildman–Crippen MR) is 109 cm³/mol. The summed E-state index contributed by atoms with van der Waals surface area (Å²) in [4.78, 5) is 14.2. The van der Waals surface area contributed by atoms with E-state index in [1.165, 1.54) is 38.5 Å². The lowest BCUT2D eigenvalue weighted by Crippen LogP contribution is -2.51. The molecular formula is C23H28N2O2. The summed E-state index contributed by atoms with van der Waals surface area (Å²) in [6, 6.07) is 17.3. The van der Waals surface area contributed by atoms with E-state index in [2.05, 4.69) is 46.6 Å². The number of ether oxygens (including phenoxy) is 1. The standard InChI is InChI=1S/C23H28N2O2/c1-27-23(26)19-9-11-20(12-10-19)25-15-14-24-16-21(25)13-8-18-7-6-17-4-2-3-5-22(17)18/h2-5,9-12,18,21,24H,6-8,13-16H2,1H3. The number of rotatable bonds is 5. The van der Waals surface area contributed by atoms with Crippen LogP contribution in [0.15, 0.2) is 48.5 Å². The van der Waals surface area contributed by atoms with Crippen LogP contribution in [-0.4, -0.2) is 38.8 Å². The largest absolute Gasteiger partial charge is 0.465 e. The molecule has 4 nitrogen and oxygen atoms in total. The van der Waals surface area contributed by atoms with Crippen molar-refractivity contribution >= 4 is 11.7 Å². The molecule has 1 heterocycles. The number of carbonyl (C=O) groups excluding carboxylic acids is 1. The van der Waals surface area contributed by atoms with E-state index in [1.54, 1.807) is 11.1 Å². The molecule has 27 heavy (non-hydrogen) atoms. The number of hydrogen-bond acceptors (Lipinski definition) is 4. The highest BCUT2D eigenvalue weighted by molar-refractivity contribution is 5.89. The van der Waals surface area contributed by atoms with Crippen molar-refractivity contribution in [2.45, 2.75) is 37.6 Å². The Hall–Kier alpha value is -2.33. The van der Waals surface area contributed by atoms with Gasteiger partial charge in [-0.05, 0) is 67.0 Å². The fourth-order valence-corrected chi connectivity index (χ4v) is 4.60. The van der Waals surface area contributed by atoms with E-state index < -0.39 is 0 Å². The number of esters is 1. The van der Waals surface area contributed by atoms with E-state index in [0.29, 0.717) is 17.5 Å². The molecule has 0 saturated carbocycles. The minimum atomic E-state index is -0.279. The maximum absolute atomic E-state index is 11.7. The van der Waals surface area contributed by atoms with Crippen molar-refractivity contribution in [3.05, 3.63) is 65.2 Å². The van der Waals surface area contributed by atoms with Crippen LogP contribution in [0.2, 0.25) is 0 Å². The van der Waals surface area contributed by atoms with Crippen LogP contribution in [0, 0.1) is 0 Å². The molecule has 4 rings (SSSR count). The van der Waals surface area contributed by atoms with Gasteiger partial charge < -0.3 is 15.0 Å². The molecule has 1 aliphatic heterocycles. The number of nitrogens with zero attached hydrogens (tertiary/aromatic N) is 1. The molecule has 1 aliphatic carbocycles. The molecule has 1 saturated heterocycles. The molecule has 142 valence electrons. The second-order valence-corrected chi connectivity index (χ2v) is 7.60. The predicted octanol–water partition coefficient (Wildman–Crippen LogP) is 3.76. The third kappa shape index (κ3) is 3.86. The molecule has 4 heteroatoms. The van der Waals surface area contributed by atoms with Crippen molar-refractivity contribution in [1.82, 2.24) is 5.32 Å². The fraction of sp³-hybridized carbons (Fsp3) is 0.435. The third-order valence-electron chi connectivity index (χ3n) is 6.08. The number of piperazine rings is 1. The summed E-state index contributed by atoms with van der Waals surface area (Å²) in [5, 5.41) is 3.55. The van der Waals surface area contributed by atoms with Crippen molar-refractivity contribution in [2.24, 2.45) is 0 Å². The molecule has 2 aliphatic rings. The summed E-state index contributed by atoms with van der Waals surface area (Å²) >= 11 is 0. The molecule has 2 aromatic rings. The Morgan fingerprint density at radius 3 is 2.78 bits per heavy atom. The SMILES string of the molecule is COC(=O)c1ccc(N2CCNCC2CCC2CCc3ccccc32)cc1. The van der Waals surface area contributed by atoms with Gasteiger partial charge in [0, 0.05) is 31.4 Å². The van der Waals surface area contributed by atoms with Crippen LogP contribution in [0.5, 0.6) is 0 Å². The molecule has 0 bridgehead atoms. The smallest absolute Gasteiger partial charge is 0.337 e. The quantitative estimate of drug-likeness (QED) is 0.820. The van der Waals surface area contributed by atoms with Gasteiger partial charge >= 0.3 is 5.97 Å². The summed E-state index contributed by atoms with van der Waals surface area (Å²) < 4.78 is 4.80. The highest BCUT2D eigenvalue weighted by atomic mass is 16.5. The van der Waals surface area contributed by atoms with E-state index >= 15 is 0 Å². The average molecular weight is 364 g/mol. The lowest BCUT2D eigenvalue weighted by atomic mass is 9.93. The average Bonchev–Trinajstić information content (AvgIpc) is 3.15. The lowest BCUT2D eigenvalue weighted by Gasteiger charge is -2.38. The molecule has 0 radical (unpaired) electrons. The first-order valence-corrected chi connectivity index (χ1v) is 10.00. The number of nitrogens with one attached hydrogen (secondary N) is 1. The van der Waals surface area contributed by atoms with E-state index in [4.69, 9.17) is 4.74 Å². The fourth-order valence-electron chi connectivity index (χ4n) is 4.60. The molecule has 2 unspecified atom stereocenters. The summed E-state index contributed by atoms with van der Waals surface area (Å²) in [5.74, 6) is 0.421. The third-order valence-corrected chi connectivity index (χ3v) is 6.08. The number of anilines is 1. The molecule has 0 amide bonds. The normalized spacial score (nSPS) is 21.7. The summed E-state index contributed by atoms with van der Waals surface area (Å²) in [5.41, 5.74) is 4.91. The first kappa shape index (κ1) is 18.1. The van der Waals surface area contributed by atoms with Crippen molar-refractivity contribution < 1.29 is 9.53 Å². The second-order valence-electron chi connectivity index (χ2n) is 7.60. The number of hydrogen-bond donors (Lipinski definition) is 1. The zero-order valence-corrected chi connectivity index (χ0v) is 16.0. The zero-order valence-electron chi connectivity index (χ0n) is 16.0. The Kier molecular flexibility index (Phi) is 5.44. The summed E-state index contributed by atoms with van der Waals surface area (Å²) in [6.45, 7) is 3.03. The maximum Gasteiger partial charge on any atom is 0.337 e. The molecule has 2 aromatic carbocycles. The molecule has 2 atom stereocenters. The van der Waals surface area contributed by atoms with Crippen LogP contribution in [0.3, 0.4) is 0 Å². The van der Waals surface area contributed by atoms with Crippen molar-refractivity contribution in [3.63, 3.8) is 0 Å². The summed E-state index contributed by atoms with van der Waals surface area (Å²) in [7, 11) is 1.42. The number of benzene rings is 2. The van der Waals surface area contributed by atoms with E-state index in [1.807, 2.05) is 12.1 Å². The highest BCUT2D eigenvalue weighted by Gasteiger charge is 2.26. The monoisotopic (exact) mass is 364 g/mol. The van der Waals surface area contributed by atoms with Crippen LogP contribution < -0.4 is 10.2 Å². The van der Waals surface area contributed by atoms with Gasteiger partial charge in [-0.3, -0.25) is 0 Å². The number of carbonyl (C=O) groups is 1. The Labute approximate surface area is 161 Å². The van der Waals surface area contributed by atoms with Gasteiger partial charge in [-0.15, -0.1) is 0 Å². The topological polar surface area (TPSA) is 41.6 Å². The molecular weight excluding hydrogens is 336 g/mol. The first-order chi connectivity index (χ1) is 13.3. The van der Waals surface area contributed by atoms with Crippen LogP contribution in [0.4, 0.5) is 5.69 Å². The van der Waals surface area contributed by atoms with E-state index in [0.717, 1.165) is 19.6 Å². The lowest BCUT2D eigenvalue weighted by molar-refractivity contribution is 0.0601. The van der Waals surface area contributed by atoms with Crippen molar-refractivity contribution in [3.8, 4) is 0 Å². The minimum absolute atomic E-state index is 0.279. The molecule has 1 fully saturated rings. The molecule has 0 aromatic heterocycles. The van der Waals surface area contributed by atoms with Crippen molar-refractivity contribution in [2.75, 3.05) is 31.6 Å².